The molecule has 3 rings (SSSR count). The lowest BCUT2D eigenvalue weighted by atomic mass is 10.2. The van der Waals surface area contributed by atoms with Gasteiger partial charge in [-0.05, 0) is 38.0 Å². The molecule has 1 aliphatic rings. The number of likely N-dealkylation sites (N-methyl/N-ethyl adjacent to an activating group) is 1. The molecule has 1 unspecified atom stereocenters. The molecule has 0 radical (unpaired) electrons. The zero-order valence-electron chi connectivity index (χ0n) is 15.6. The largest absolute Gasteiger partial charge is 0.357 e. The molecule has 0 aliphatic carbocycles. The van der Waals surface area contributed by atoms with Crippen molar-refractivity contribution in [3.63, 3.8) is 0 Å². The van der Waals surface area contributed by atoms with Gasteiger partial charge in [-0.1, -0.05) is 22.9 Å². The van der Waals surface area contributed by atoms with E-state index in [2.05, 4.69) is 20.9 Å². The van der Waals surface area contributed by atoms with Crippen molar-refractivity contribution in [2.75, 3.05) is 20.1 Å². The molecule has 1 fully saturated rings. The number of carbonyl (C=O) groups is 3. The molecule has 148 valence electrons. The van der Waals surface area contributed by atoms with E-state index in [0.717, 1.165) is 6.42 Å². The predicted molar refractivity (Wildman–Crippen MR) is 102 cm³/mol. The van der Waals surface area contributed by atoms with Crippen molar-refractivity contribution in [1.82, 2.24) is 30.5 Å². The molecule has 0 bridgehead atoms. The Hall–Kier alpha value is -2.94. The van der Waals surface area contributed by atoms with E-state index in [0.29, 0.717) is 29.4 Å². The third kappa shape index (κ3) is 3.99. The number of hydrogen-bond donors (Lipinski definition) is 2. The highest BCUT2D eigenvalue weighted by Crippen LogP contribution is 2.18. The van der Waals surface area contributed by atoms with E-state index >= 15 is 0 Å². The quantitative estimate of drug-likeness (QED) is 0.762. The molecule has 28 heavy (non-hydrogen) atoms. The number of aromatic nitrogens is 3. The molecule has 2 N–H and O–H groups in total. The van der Waals surface area contributed by atoms with Crippen LogP contribution < -0.4 is 10.6 Å². The topological polar surface area (TPSA) is 109 Å². The second-order valence-corrected chi connectivity index (χ2v) is 6.89. The Labute approximate surface area is 167 Å². The number of benzene rings is 1. The third-order valence-corrected chi connectivity index (χ3v) is 4.92. The highest BCUT2D eigenvalue weighted by molar-refractivity contribution is 6.30. The summed E-state index contributed by atoms with van der Waals surface area (Å²) in [6.45, 7) is 1.99. The fourth-order valence-electron chi connectivity index (χ4n) is 3.24. The molecule has 3 amide bonds. The molecular formula is C18H21ClN6O3. The van der Waals surface area contributed by atoms with Crippen LogP contribution in [-0.4, -0.2) is 63.8 Å². The Kier molecular flexibility index (Phi) is 5.93. The van der Waals surface area contributed by atoms with Crippen LogP contribution in [0.4, 0.5) is 0 Å². The fourth-order valence-corrected chi connectivity index (χ4v) is 3.42. The number of amides is 3. The average molecular weight is 405 g/mol. The van der Waals surface area contributed by atoms with Crippen LogP contribution in [0.25, 0.3) is 5.69 Å². The standard InChI is InChI=1S/C18H21ClN6O3/c1-11-16(22-23-25(11)13-6-3-5-12(19)9-13)18(28)21-10-15(26)24-8-4-7-14(24)17(27)20-2/h3,5-6,9,14H,4,7-8,10H2,1-2H3,(H,20,27)(H,21,28). The Morgan fingerprint density at radius 1 is 1.32 bits per heavy atom. The number of likely N-dealkylation sites (tertiary alicyclic amines) is 1. The van der Waals surface area contributed by atoms with Gasteiger partial charge in [-0.25, -0.2) is 4.68 Å². The summed E-state index contributed by atoms with van der Waals surface area (Å²) in [6.07, 6.45) is 1.37. The maximum atomic E-state index is 12.5. The first kappa shape index (κ1) is 19.8. The Balaban J connectivity index is 1.66. The van der Waals surface area contributed by atoms with Crippen LogP contribution in [0.15, 0.2) is 24.3 Å². The highest BCUT2D eigenvalue weighted by atomic mass is 35.5. The number of nitrogens with one attached hydrogen (secondary N) is 2. The normalized spacial score (nSPS) is 16.1. The molecule has 1 aromatic heterocycles. The van der Waals surface area contributed by atoms with Gasteiger partial charge in [-0.3, -0.25) is 14.4 Å². The summed E-state index contributed by atoms with van der Waals surface area (Å²) in [5, 5.41) is 13.6. The average Bonchev–Trinajstić information content (AvgIpc) is 3.32. The van der Waals surface area contributed by atoms with Gasteiger partial charge in [0.05, 0.1) is 17.9 Å². The van der Waals surface area contributed by atoms with Crippen molar-refractivity contribution < 1.29 is 14.4 Å². The van der Waals surface area contributed by atoms with Gasteiger partial charge in [0.1, 0.15) is 6.04 Å². The van der Waals surface area contributed by atoms with Gasteiger partial charge in [0.15, 0.2) is 5.69 Å². The second-order valence-electron chi connectivity index (χ2n) is 6.46. The van der Waals surface area contributed by atoms with Gasteiger partial charge in [0, 0.05) is 18.6 Å². The Morgan fingerprint density at radius 2 is 2.11 bits per heavy atom. The van der Waals surface area contributed by atoms with Crippen molar-refractivity contribution >= 4 is 29.3 Å². The van der Waals surface area contributed by atoms with E-state index in [1.807, 2.05) is 0 Å². The minimum atomic E-state index is -0.505. The summed E-state index contributed by atoms with van der Waals surface area (Å²) in [6, 6.07) is 6.53. The zero-order chi connectivity index (χ0) is 20.3. The highest BCUT2D eigenvalue weighted by Gasteiger charge is 2.33. The zero-order valence-corrected chi connectivity index (χ0v) is 16.4. The summed E-state index contributed by atoms with van der Waals surface area (Å²) >= 11 is 6.00. The van der Waals surface area contributed by atoms with Crippen LogP contribution in [0.3, 0.4) is 0 Å². The van der Waals surface area contributed by atoms with Crippen molar-refractivity contribution in [2.24, 2.45) is 0 Å². The maximum Gasteiger partial charge on any atom is 0.274 e. The molecule has 1 aromatic carbocycles. The van der Waals surface area contributed by atoms with Crippen LogP contribution in [0.1, 0.15) is 29.0 Å². The molecule has 1 aliphatic heterocycles. The first-order valence-corrected chi connectivity index (χ1v) is 9.27. The Morgan fingerprint density at radius 3 is 2.82 bits per heavy atom. The van der Waals surface area contributed by atoms with Gasteiger partial charge < -0.3 is 15.5 Å². The summed E-state index contributed by atoms with van der Waals surface area (Å²) in [5.41, 5.74) is 1.33. The van der Waals surface area contributed by atoms with Crippen LogP contribution in [-0.2, 0) is 9.59 Å². The van der Waals surface area contributed by atoms with Gasteiger partial charge >= 0.3 is 0 Å². The van der Waals surface area contributed by atoms with E-state index in [1.165, 1.54) is 16.6 Å². The first-order valence-electron chi connectivity index (χ1n) is 8.90. The lowest BCUT2D eigenvalue weighted by Gasteiger charge is -2.23. The van der Waals surface area contributed by atoms with E-state index in [4.69, 9.17) is 11.6 Å². The van der Waals surface area contributed by atoms with E-state index in [-0.39, 0.29) is 24.1 Å². The summed E-state index contributed by atoms with van der Waals surface area (Å²) in [7, 11) is 1.54. The molecule has 9 nitrogen and oxygen atoms in total. The Bertz CT molecular complexity index is 912. The minimum absolute atomic E-state index is 0.122. The fraction of sp³-hybridized carbons (Fsp3) is 0.389. The molecule has 0 saturated carbocycles. The number of hydrogen-bond acceptors (Lipinski definition) is 5. The van der Waals surface area contributed by atoms with E-state index < -0.39 is 11.9 Å². The monoisotopic (exact) mass is 404 g/mol. The number of rotatable bonds is 5. The molecule has 10 heteroatoms. The van der Waals surface area contributed by atoms with Crippen molar-refractivity contribution in [3.8, 4) is 5.69 Å². The van der Waals surface area contributed by atoms with Gasteiger partial charge in [0.2, 0.25) is 11.8 Å². The van der Waals surface area contributed by atoms with E-state index in [1.54, 1.807) is 31.2 Å². The van der Waals surface area contributed by atoms with E-state index in [9.17, 15) is 14.4 Å². The minimum Gasteiger partial charge on any atom is -0.357 e. The van der Waals surface area contributed by atoms with Gasteiger partial charge in [-0.15, -0.1) is 5.10 Å². The molecule has 2 aromatic rings. The summed E-state index contributed by atoms with van der Waals surface area (Å²) < 4.78 is 1.50. The second kappa shape index (κ2) is 8.39. The summed E-state index contributed by atoms with van der Waals surface area (Å²) in [4.78, 5) is 38.3. The van der Waals surface area contributed by atoms with Crippen molar-refractivity contribution in [1.29, 1.82) is 0 Å². The van der Waals surface area contributed by atoms with Crippen LogP contribution in [0.5, 0.6) is 0 Å². The third-order valence-electron chi connectivity index (χ3n) is 4.68. The van der Waals surface area contributed by atoms with Crippen LogP contribution in [0, 0.1) is 6.92 Å². The number of carbonyl (C=O) groups excluding carboxylic acids is 3. The molecular weight excluding hydrogens is 384 g/mol. The smallest absolute Gasteiger partial charge is 0.274 e. The molecule has 1 atom stereocenters. The van der Waals surface area contributed by atoms with Gasteiger partial charge in [-0.2, -0.15) is 0 Å². The first-order chi connectivity index (χ1) is 13.4. The maximum absolute atomic E-state index is 12.5. The SMILES string of the molecule is CNC(=O)C1CCCN1C(=O)CNC(=O)c1nnn(-c2cccc(Cl)c2)c1C. The number of halogens is 1. The van der Waals surface area contributed by atoms with Crippen molar-refractivity contribution in [3.05, 3.63) is 40.7 Å². The molecule has 0 spiro atoms. The predicted octanol–water partition coefficient (Wildman–Crippen LogP) is 0.696. The molecule has 2 heterocycles. The summed E-state index contributed by atoms with van der Waals surface area (Å²) in [5.74, 6) is -1.01. The van der Waals surface area contributed by atoms with Crippen LogP contribution >= 0.6 is 11.6 Å². The molecule has 1 saturated heterocycles. The van der Waals surface area contributed by atoms with Crippen LogP contribution in [0.2, 0.25) is 5.02 Å². The lowest BCUT2D eigenvalue weighted by molar-refractivity contribution is -0.137. The lowest BCUT2D eigenvalue weighted by Crippen LogP contribution is -2.48. The number of nitrogens with zero attached hydrogens (tertiary/aromatic N) is 4. The van der Waals surface area contributed by atoms with Crippen molar-refractivity contribution in [2.45, 2.75) is 25.8 Å². The van der Waals surface area contributed by atoms with Gasteiger partial charge in [0.25, 0.3) is 5.91 Å².